The number of alkyl halides is 3. The van der Waals surface area contributed by atoms with E-state index in [2.05, 4.69) is 5.32 Å². The minimum atomic E-state index is -4.61. The Morgan fingerprint density at radius 2 is 1.84 bits per heavy atom. The lowest BCUT2D eigenvalue weighted by Crippen LogP contribution is -2.21. The number of halogens is 3. The topological polar surface area (TPSA) is 87.0 Å². The molecule has 10 heteroatoms. The van der Waals surface area contributed by atoms with Crippen LogP contribution in [0, 0.1) is 0 Å². The average molecular weight is 437 g/mol. The first kappa shape index (κ1) is 22.2. The Labute approximate surface area is 174 Å². The van der Waals surface area contributed by atoms with Crippen molar-refractivity contribution in [3.8, 4) is 5.75 Å². The molecule has 1 aromatic heterocycles. The molecule has 2 aromatic carbocycles. The number of esters is 1. The molecule has 0 aliphatic rings. The van der Waals surface area contributed by atoms with E-state index in [-0.39, 0.29) is 30.4 Å². The van der Waals surface area contributed by atoms with Crippen LogP contribution in [0.25, 0.3) is 11.0 Å². The molecule has 3 aromatic rings. The van der Waals surface area contributed by atoms with E-state index < -0.39 is 30.2 Å². The molecule has 0 fully saturated rings. The second kappa shape index (κ2) is 9.52. The molecule has 0 aliphatic carbocycles. The van der Waals surface area contributed by atoms with Gasteiger partial charge in [-0.3, -0.25) is 4.79 Å². The Hall–Kier alpha value is -3.53. The van der Waals surface area contributed by atoms with Gasteiger partial charge in [0, 0.05) is 12.5 Å². The van der Waals surface area contributed by atoms with Crippen LogP contribution in [0.3, 0.4) is 0 Å². The van der Waals surface area contributed by atoms with Gasteiger partial charge in [-0.2, -0.15) is 13.2 Å². The van der Waals surface area contributed by atoms with Gasteiger partial charge in [0.05, 0.1) is 17.9 Å². The molecule has 0 spiro atoms. The molecule has 3 rings (SSSR count). The van der Waals surface area contributed by atoms with E-state index in [1.807, 2.05) is 0 Å². The van der Waals surface area contributed by atoms with Crippen molar-refractivity contribution in [1.82, 2.24) is 0 Å². The Bertz CT molecular complexity index is 1040. The number of benzene rings is 2. The number of methoxy groups -OCH3 is 1. The molecule has 0 aliphatic heterocycles. The van der Waals surface area contributed by atoms with Gasteiger partial charge in [-0.05, 0) is 30.3 Å². The van der Waals surface area contributed by atoms with E-state index in [9.17, 15) is 22.8 Å². The van der Waals surface area contributed by atoms with Crippen LogP contribution in [-0.4, -0.2) is 38.8 Å². The molecule has 31 heavy (non-hydrogen) atoms. The highest BCUT2D eigenvalue weighted by molar-refractivity contribution is 5.97. The zero-order valence-electron chi connectivity index (χ0n) is 16.3. The molecular weight excluding hydrogens is 419 g/mol. The third-order valence-electron chi connectivity index (χ3n) is 4.09. The van der Waals surface area contributed by atoms with E-state index in [1.54, 1.807) is 24.3 Å². The summed E-state index contributed by atoms with van der Waals surface area (Å²) in [4.78, 5) is 24.3. The average Bonchev–Trinajstić information content (AvgIpc) is 3.17. The number of hydrogen-bond acceptors (Lipinski definition) is 6. The van der Waals surface area contributed by atoms with Gasteiger partial charge < -0.3 is 23.9 Å². The number of fused-ring (bicyclic) bond motifs is 1. The van der Waals surface area contributed by atoms with Gasteiger partial charge in [0.15, 0.2) is 6.61 Å². The van der Waals surface area contributed by atoms with Crippen LogP contribution in [0.15, 0.2) is 52.9 Å². The van der Waals surface area contributed by atoms with Crippen molar-refractivity contribution in [3.05, 3.63) is 59.9 Å². The summed E-state index contributed by atoms with van der Waals surface area (Å²) in [6.45, 7) is -0.473. The van der Waals surface area contributed by atoms with Crippen LogP contribution >= 0.6 is 0 Å². The van der Waals surface area contributed by atoms with Crippen molar-refractivity contribution in [2.45, 2.75) is 6.18 Å². The monoisotopic (exact) mass is 437 g/mol. The molecule has 1 amide bonds. The number of carbonyl (C=O) groups is 2. The molecule has 1 N–H and O–H groups in total. The van der Waals surface area contributed by atoms with Crippen molar-refractivity contribution in [1.29, 1.82) is 0 Å². The van der Waals surface area contributed by atoms with Crippen molar-refractivity contribution in [3.63, 3.8) is 0 Å². The summed E-state index contributed by atoms with van der Waals surface area (Å²) >= 11 is 0. The quantitative estimate of drug-likeness (QED) is 0.418. The fourth-order valence-electron chi connectivity index (χ4n) is 2.64. The molecule has 7 nitrogen and oxygen atoms in total. The Balaban J connectivity index is 1.67. The van der Waals surface area contributed by atoms with Crippen molar-refractivity contribution in [2.24, 2.45) is 0 Å². The van der Waals surface area contributed by atoms with Crippen molar-refractivity contribution >= 4 is 28.5 Å². The molecular formula is C21H18F3NO6. The van der Waals surface area contributed by atoms with Gasteiger partial charge in [-0.25, -0.2) is 4.79 Å². The number of furan rings is 1. The van der Waals surface area contributed by atoms with Gasteiger partial charge in [0.1, 0.15) is 17.9 Å². The van der Waals surface area contributed by atoms with Crippen LogP contribution in [-0.2, 0) is 20.4 Å². The molecule has 0 atom stereocenters. The maximum atomic E-state index is 13.0. The third kappa shape index (κ3) is 5.76. The summed E-state index contributed by atoms with van der Waals surface area (Å²) < 4.78 is 59.5. The predicted molar refractivity (Wildman–Crippen MR) is 104 cm³/mol. The lowest BCUT2D eigenvalue weighted by molar-refractivity contribution is -0.137. The SMILES string of the molecule is COCCOc1ccc(C(F)(F)F)cc1NC(=O)COC(=O)c1cc2ccccc2o1. The van der Waals surface area contributed by atoms with Gasteiger partial charge in [-0.15, -0.1) is 0 Å². The fourth-order valence-corrected chi connectivity index (χ4v) is 2.64. The smallest absolute Gasteiger partial charge is 0.416 e. The molecule has 0 saturated heterocycles. The summed E-state index contributed by atoms with van der Waals surface area (Å²) in [7, 11) is 1.44. The van der Waals surface area contributed by atoms with E-state index in [0.29, 0.717) is 11.0 Å². The van der Waals surface area contributed by atoms with Crippen LogP contribution in [0.5, 0.6) is 5.75 Å². The van der Waals surface area contributed by atoms with Gasteiger partial charge >= 0.3 is 12.1 Å². The van der Waals surface area contributed by atoms with E-state index in [0.717, 1.165) is 18.2 Å². The largest absolute Gasteiger partial charge is 0.489 e. The van der Waals surface area contributed by atoms with Crippen LogP contribution in [0.1, 0.15) is 16.1 Å². The normalized spacial score (nSPS) is 11.4. The first-order chi connectivity index (χ1) is 14.8. The van der Waals surface area contributed by atoms with E-state index in [1.165, 1.54) is 13.2 Å². The number of ether oxygens (including phenoxy) is 3. The number of carbonyl (C=O) groups excluding carboxylic acids is 2. The molecule has 0 saturated carbocycles. The summed E-state index contributed by atoms with van der Waals surface area (Å²) in [6, 6.07) is 11.0. The van der Waals surface area contributed by atoms with Gasteiger partial charge in [0.2, 0.25) is 5.76 Å². The van der Waals surface area contributed by atoms with Crippen LogP contribution in [0.4, 0.5) is 18.9 Å². The first-order valence-corrected chi connectivity index (χ1v) is 9.06. The number of anilines is 1. The molecule has 1 heterocycles. The van der Waals surface area contributed by atoms with Crippen LogP contribution < -0.4 is 10.1 Å². The van der Waals surface area contributed by atoms with Crippen molar-refractivity contribution in [2.75, 3.05) is 32.2 Å². The highest BCUT2D eigenvalue weighted by Gasteiger charge is 2.31. The maximum absolute atomic E-state index is 13.0. The fraction of sp³-hybridized carbons (Fsp3) is 0.238. The lowest BCUT2D eigenvalue weighted by Gasteiger charge is -2.15. The second-order valence-corrected chi connectivity index (χ2v) is 6.32. The minimum Gasteiger partial charge on any atom is -0.489 e. The Kier molecular flexibility index (Phi) is 6.81. The van der Waals surface area contributed by atoms with Gasteiger partial charge in [-0.1, -0.05) is 18.2 Å². The summed E-state index contributed by atoms with van der Waals surface area (Å²) in [5.41, 5.74) is -0.711. The maximum Gasteiger partial charge on any atom is 0.416 e. The third-order valence-corrected chi connectivity index (χ3v) is 4.09. The number of hydrogen-bond donors (Lipinski definition) is 1. The molecule has 0 bridgehead atoms. The number of nitrogens with one attached hydrogen (secondary N) is 1. The zero-order valence-corrected chi connectivity index (χ0v) is 16.3. The van der Waals surface area contributed by atoms with E-state index in [4.69, 9.17) is 18.6 Å². The summed E-state index contributed by atoms with van der Waals surface area (Å²) in [6.07, 6.45) is -4.61. The standard InChI is InChI=1S/C21H18F3NO6/c1-28-8-9-29-17-7-6-14(21(22,23)24)11-15(17)25-19(26)12-30-20(27)18-10-13-4-2-3-5-16(13)31-18/h2-7,10-11H,8-9,12H2,1H3,(H,25,26). The zero-order chi connectivity index (χ0) is 22.4. The highest BCUT2D eigenvalue weighted by atomic mass is 19.4. The minimum absolute atomic E-state index is 0.0158. The second-order valence-electron chi connectivity index (χ2n) is 6.32. The Morgan fingerprint density at radius 1 is 1.06 bits per heavy atom. The molecule has 0 unspecified atom stereocenters. The van der Waals surface area contributed by atoms with Gasteiger partial charge in [0.25, 0.3) is 5.91 Å². The first-order valence-electron chi connectivity index (χ1n) is 9.06. The van der Waals surface area contributed by atoms with Crippen LogP contribution in [0.2, 0.25) is 0 Å². The lowest BCUT2D eigenvalue weighted by atomic mass is 10.1. The Morgan fingerprint density at radius 3 is 2.55 bits per heavy atom. The highest BCUT2D eigenvalue weighted by Crippen LogP contribution is 2.35. The van der Waals surface area contributed by atoms with E-state index >= 15 is 0 Å². The summed E-state index contributed by atoms with van der Waals surface area (Å²) in [5.74, 6) is -1.81. The number of rotatable bonds is 8. The van der Waals surface area contributed by atoms with Crippen molar-refractivity contribution < 1.29 is 41.4 Å². The molecule has 164 valence electrons. The number of amides is 1. The molecule has 0 radical (unpaired) electrons. The predicted octanol–water partition coefficient (Wildman–Crippen LogP) is 4.27. The summed E-state index contributed by atoms with van der Waals surface area (Å²) in [5, 5.41) is 2.95. The number of para-hydroxylation sites is 1.